The maximum atomic E-state index is 13.0. The lowest BCUT2D eigenvalue weighted by Crippen LogP contribution is -2.24. The molecule has 2 N–H and O–H groups in total. The number of rotatable bonds is 8. The highest BCUT2D eigenvalue weighted by atomic mass is 32.2. The van der Waals surface area contributed by atoms with Crippen LogP contribution in [-0.2, 0) is 23.1 Å². The van der Waals surface area contributed by atoms with Crippen LogP contribution >= 0.6 is 0 Å². The molecule has 0 aliphatic carbocycles. The molecular formula is C26H26N4O3S. The Morgan fingerprint density at radius 2 is 1.68 bits per heavy atom. The molecule has 0 saturated carbocycles. The van der Waals surface area contributed by atoms with E-state index in [4.69, 9.17) is 0 Å². The Morgan fingerprint density at radius 3 is 2.38 bits per heavy atom. The van der Waals surface area contributed by atoms with E-state index in [0.717, 1.165) is 16.7 Å². The molecule has 0 aliphatic heterocycles. The summed E-state index contributed by atoms with van der Waals surface area (Å²) < 4.78 is 30.4. The largest absolute Gasteiger partial charge is 0.348 e. The average molecular weight is 475 g/mol. The lowest BCUT2D eigenvalue weighted by atomic mass is 10.1. The van der Waals surface area contributed by atoms with Crippen molar-refractivity contribution in [2.75, 3.05) is 4.72 Å². The molecule has 0 aliphatic rings. The van der Waals surface area contributed by atoms with Gasteiger partial charge in [0, 0.05) is 30.2 Å². The van der Waals surface area contributed by atoms with Crippen molar-refractivity contribution in [1.29, 1.82) is 0 Å². The Bertz CT molecular complexity index is 1400. The van der Waals surface area contributed by atoms with Gasteiger partial charge < -0.3 is 5.32 Å². The fourth-order valence-corrected chi connectivity index (χ4v) is 4.92. The first-order valence-electron chi connectivity index (χ1n) is 10.8. The van der Waals surface area contributed by atoms with Crippen LogP contribution in [0.25, 0.3) is 0 Å². The summed E-state index contributed by atoms with van der Waals surface area (Å²) in [4.78, 5) is 13.0. The molecule has 0 fully saturated rings. The molecule has 0 saturated heterocycles. The van der Waals surface area contributed by atoms with Crippen molar-refractivity contribution >= 4 is 21.6 Å². The van der Waals surface area contributed by atoms with E-state index in [9.17, 15) is 13.2 Å². The molecule has 8 heteroatoms. The van der Waals surface area contributed by atoms with Crippen molar-refractivity contribution in [2.45, 2.75) is 31.8 Å². The molecule has 3 aromatic carbocycles. The number of aryl methyl sites for hydroxylation is 2. The molecule has 1 heterocycles. The van der Waals surface area contributed by atoms with Crippen LogP contribution in [0.3, 0.4) is 0 Å². The van der Waals surface area contributed by atoms with Crippen LogP contribution < -0.4 is 10.0 Å². The summed E-state index contributed by atoms with van der Waals surface area (Å²) in [5, 5.41) is 7.14. The number of amides is 1. The second-order valence-electron chi connectivity index (χ2n) is 8.11. The molecule has 0 unspecified atom stereocenters. The summed E-state index contributed by atoms with van der Waals surface area (Å²) in [6, 6.07) is 21.4. The zero-order chi connectivity index (χ0) is 24.1. The first kappa shape index (κ1) is 23.3. The smallest absolute Gasteiger partial charge is 0.262 e. The van der Waals surface area contributed by atoms with Gasteiger partial charge in [-0.2, -0.15) is 5.10 Å². The topological polar surface area (TPSA) is 93.1 Å². The molecule has 7 nitrogen and oxygen atoms in total. The van der Waals surface area contributed by atoms with Crippen LogP contribution in [-0.4, -0.2) is 24.1 Å². The van der Waals surface area contributed by atoms with Gasteiger partial charge in [-0.1, -0.05) is 48.0 Å². The van der Waals surface area contributed by atoms with E-state index < -0.39 is 10.0 Å². The Labute approximate surface area is 199 Å². The summed E-state index contributed by atoms with van der Waals surface area (Å²) in [6.07, 6.45) is 3.61. The molecule has 4 rings (SSSR count). The zero-order valence-electron chi connectivity index (χ0n) is 19.0. The lowest BCUT2D eigenvalue weighted by Gasteiger charge is -2.13. The SMILES string of the molecule is Cc1ccc(NS(=O)(=O)c2cc(C(=O)NCc3ccccc3Cn3cccn3)ccc2C)cc1. The third-order valence-electron chi connectivity index (χ3n) is 5.49. The molecule has 0 spiro atoms. The Hall–Kier alpha value is -3.91. The predicted octanol–water partition coefficient (Wildman–Crippen LogP) is 4.28. The molecule has 174 valence electrons. The maximum Gasteiger partial charge on any atom is 0.262 e. The monoisotopic (exact) mass is 474 g/mol. The number of nitrogens with zero attached hydrogens (tertiary/aromatic N) is 2. The van der Waals surface area contributed by atoms with Gasteiger partial charge >= 0.3 is 0 Å². The number of aromatic nitrogens is 2. The van der Waals surface area contributed by atoms with Gasteiger partial charge in [-0.05, 0) is 60.9 Å². The van der Waals surface area contributed by atoms with Crippen LogP contribution in [0, 0.1) is 13.8 Å². The standard InChI is InChI=1S/C26H26N4O3S/c1-19-8-12-24(13-9-19)29-34(32,33)25-16-21(11-10-20(25)2)26(31)27-17-22-6-3-4-7-23(22)18-30-15-5-14-28-30/h3-16,29H,17-18H2,1-2H3,(H,27,31). The second-order valence-corrected chi connectivity index (χ2v) is 9.76. The van der Waals surface area contributed by atoms with E-state index in [1.54, 1.807) is 37.4 Å². The molecule has 0 radical (unpaired) electrons. The summed E-state index contributed by atoms with van der Waals surface area (Å²) in [5.41, 5.74) is 4.34. The van der Waals surface area contributed by atoms with Crippen molar-refractivity contribution in [3.63, 3.8) is 0 Å². The van der Waals surface area contributed by atoms with E-state index in [-0.39, 0.29) is 16.4 Å². The van der Waals surface area contributed by atoms with Gasteiger partial charge in [0.1, 0.15) is 0 Å². The van der Waals surface area contributed by atoms with Crippen molar-refractivity contribution in [3.8, 4) is 0 Å². The highest BCUT2D eigenvalue weighted by Gasteiger charge is 2.19. The fraction of sp³-hybridized carbons (Fsp3) is 0.154. The molecular weight excluding hydrogens is 448 g/mol. The van der Waals surface area contributed by atoms with Crippen molar-refractivity contribution in [2.24, 2.45) is 0 Å². The van der Waals surface area contributed by atoms with E-state index in [0.29, 0.717) is 24.3 Å². The summed E-state index contributed by atoms with van der Waals surface area (Å²) >= 11 is 0. The zero-order valence-corrected chi connectivity index (χ0v) is 19.8. The number of carbonyl (C=O) groups is 1. The normalized spacial score (nSPS) is 11.2. The molecule has 1 amide bonds. The quantitative estimate of drug-likeness (QED) is 0.399. The van der Waals surface area contributed by atoms with Gasteiger partial charge in [0.2, 0.25) is 0 Å². The molecule has 34 heavy (non-hydrogen) atoms. The number of nitrogens with one attached hydrogen (secondary N) is 2. The van der Waals surface area contributed by atoms with Crippen molar-refractivity contribution < 1.29 is 13.2 Å². The Kier molecular flexibility index (Phi) is 6.79. The molecule has 4 aromatic rings. The van der Waals surface area contributed by atoms with E-state index >= 15 is 0 Å². The van der Waals surface area contributed by atoms with Crippen LogP contribution in [0.4, 0.5) is 5.69 Å². The average Bonchev–Trinajstić information content (AvgIpc) is 3.33. The first-order valence-corrected chi connectivity index (χ1v) is 12.3. The Balaban J connectivity index is 1.50. The van der Waals surface area contributed by atoms with Crippen molar-refractivity contribution in [3.05, 3.63) is 113 Å². The number of hydrogen-bond acceptors (Lipinski definition) is 4. The second kappa shape index (κ2) is 9.93. The number of sulfonamides is 1. The summed E-state index contributed by atoms with van der Waals surface area (Å²) in [5.74, 6) is -0.347. The van der Waals surface area contributed by atoms with Crippen LogP contribution in [0.1, 0.15) is 32.6 Å². The van der Waals surface area contributed by atoms with E-state index in [1.807, 2.05) is 60.3 Å². The van der Waals surface area contributed by atoms with Gasteiger partial charge in [0.15, 0.2) is 0 Å². The van der Waals surface area contributed by atoms with Crippen LogP contribution in [0.15, 0.2) is 90.1 Å². The minimum atomic E-state index is -3.86. The lowest BCUT2D eigenvalue weighted by molar-refractivity contribution is 0.0950. The fourth-order valence-electron chi connectivity index (χ4n) is 3.59. The number of carbonyl (C=O) groups excluding carboxylic acids is 1. The van der Waals surface area contributed by atoms with Gasteiger partial charge in [-0.25, -0.2) is 8.42 Å². The maximum absolute atomic E-state index is 13.0. The minimum absolute atomic E-state index is 0.0693. The molecule has 0 bridgehead atoms. The predicted molar refractivity (Wildman–Crippen MR) is 132 cm³/mol. The van der Waals surface area contributed by atoms with Gasteiger partial charge in [0.25, 0.3) is 15.9 Å². The third-order valence-corrected chi connectivity index (χ3v) is 7.02. The van der Waals surface area contributed by atoms with Crippen molar-refractivity contribution in [1.82, 2.24) is 15.1 Å². The molecule has 1 aromatic heterocycles. The van der Waals surface area contributed by atoms with Crippen LogP contribution in [0.5, 0.6) is 0 Å². The van der Waals surface area contributed by atoms with Gasteiger partial charge in [-0.15, -0.1) is 0 Å². The van der Waals surface area contributed by atoms with E-state index in [1.165, 1.54) is 6.07 Å². The highest BCUT2D eigenvalue weighted by Crippen LogP contribution is 2.21. The molecule has 0 atom stereocenters. The number of anilines is 1. The van der Waals surface area contributed by atoms with E-state index in [2.05, 4.69) is 15.1 Å². The minimum Gasteiger partial charge on any atom is -0.348 e. The first-order chi connectivity index (χ1) is 16.3. The summed E-state index contributed by atoms with van der Waals surface area (Å²) in [7, 11) is -3.86. The highest BCUT2D eigenvalue weighted by molar-refractivity contribution is 7.92. The van der Waals surface area contributed by atoms with Gasteiger partial charge in [0.05, 0.1) is 11.4 Å². The number of benzene rings is 3. The Morgan fingerprint density at radius 1 is 0.941 bits per heavy atom. The number of hydrogen-bond donors (Lipinski definition) is 2. The summed E-state index contributed by atoms with van der Waals surface area (Å²) in [6.45, 7) is 4.54. The van der Waals surface area contributed by atoms with Gasteiger partial charge in [-0.3, -0.25) is 14.2 Å². The van der Waals surface area contributed by atoms with Crippen LogP contribution in [0.2, 0.25) is 0 Å². The third kappa shape index (κ3) is 5.52.